The standard InChI is InChI=1S/C10H10N2O.C7H14O2.C6H12O3/c1-7-3-5-9(6-4-7)10-11-8(2)12-13-10;1-3-4-5-6-7(8)9-2;1-3-4-5-9-6(7)8-2/h3-6H,1-2H3;3-6H2,1-2H3;3-5H2,1-2H3. The lowest BCUT2D eigenvalue weighted by Gasteiger charge is -1.99. The molecule has 0 saturated carbocycles. The van der Waals surface area contributed by atoms with Crippen LogP contribution in [0.15, 0.2) is 28.8 Å². The monoisotopic (exact) mass is 436 g/mol. The number of hydrogen-bond acceptors (Lipinski definition) is 8. The van der Waals surface area contributed by atoms with Gasteiger partial charge in [0.15, 0.2) is 5.82 Å². The molecule has 0 unspecified atom stereocenters. The Labute approximate surface area is 185 Å². The third-order valence-corrected chi connectivity index (χ3v) is 3.92. The summed E-state index contributed by atoms with van der Waals surface area (Å²) in [5.74, 6) is 1.15. The Morgan fingerprint density at radius 3 is 2.06 bits per heavy atom. The van der Waals surface area contributed by atoms with E-state index in [0.717, 1.165) is 37.7 Å². The van der Waals surface area contributed by atoms with Crippen molar-refractivity contribution in [2.45, 2.75) is 66.2 Å². The molecule has 0 amide bonds. The minimum Gasteiger partial charge on any atom is -0.469 e. The van der Waals surface area contributed by atoms with E-state index in [1.54, 1.807) is 6.92 Å². The van der Waals surface area contributed by atoms with Crippen LogP contribution in [0.25, 0.3) is 11.5 Å². The minimum atomic E-state index is -0.594. The summed E-state index contributed by atoms with van der Waals surface area (Å²) in [4.78, 5) is 24.8. The Balaban J connectivity index is 0.000000452. The van der Waals surface area contributed by atoms with Gasteiger partial charge in [-0.15, -0.1) is 0 Å². The topological polar surface area (TPSA) is 101 Å². The van der Waals surface area contributed by atoms with Crippen LogP contribution in [-0.2, 0) is 19.0 Å². The SMILES string of the molecule is CCCCCC(=O)OC.CCCCOC(=O)OC.Cc1ccc(-c2nc(C)no2)cc1. The Bertz CT molecular complexity index is 706. The molecule has 1 heterocycles. The van der Waals surface area contributed by atoms with Crippen LogP contribution < -0.4 is 0 Å². The fourth-order valence-electron chi connectivity index (χ4n) is 2.09. The lowest BCUT2D eigenvalue weighted by Crippen LogP contribution is -2.04. The van der Waals surface area contributed by atoms with Gasteiger partial charge in [-0.2, -0.15) is 4.98 Å². The Hall–Kier alpha value is -2.90. The van der Waals surface area contributed by atoms with Gasteiger partial charge in [0.1, 0.15) is 0 Å². The van der Waals surface area contributed by atoms with E-state index in [1.165, 1.54) is 19.8 Å². The van der Waals surface area contributed by atoms with Crippen LogP contribution in [0.2, 0.25) is 0 Å². The zero-order chi connectivity index (χ0) is 23.5. The molecule has 8 heteroatoms. The molecule has 0 atom stereocenters. The van der Waals surface area contributed by atoms with E-state index in [0.29, 0.717) is 24.7 Å². The van der Waals surface area contributed by atoms with Gasteiger partial charge >= 0.3 is 12.1 Å². The highest BCUT2D eigenvalue weighted by Crippen LogP contribution is 2.16. The normalized spacial score (nSPS) is 9.48. The summed E-state index contributed by atoms with van der Waals surface area (Å²) in [7, 11) is 2.72. The first-order valence-electron chi connectivity index (χ1n) is 10.5. The number of benzene rings is 1. The van der Waals surface area contributed by atoms with Crippen molar-refractivity contribution in [2.24, 2.45) is 0 Å². The molecule has 1 aromatic heterocycles. The maximum absolute atomic E-state index is 10.5. The second-order valence-corrected chi connectivity index (χ2v) is 6.70. The lowest BCUT2D eigenvalue weighted by molar-refractivity contribution is -0.140. The molecule has 8 nitrogen and oxygen atoms in total. The van der Waals surface area contributed by atoms with Crippen LogP contribution in [0.3, 0.4) is 0 Å². The summed E-state index contributed by atoms with van der Waals surface area (Å²) in [5, 5.41) is 3.73. The highest BCUT2D eigenvalue weighted by Gasteiger charge is 2.04. The molecule has 2 aromatic rings. The molecule has 31 heavy (non-hydrogen) atoms. The summed E-state index contributed by atoms with van der Waals surface area (Å²) >= 11 is 0. The average Bonchev–Trinajstić information content (AvgIpc) is 3.21. The van der Waals surface area contributed by atoms with Gasteiger partial charge < -0.3 is 18.7 Å². The summed E-state index contributed by atoms with van der Waals surface area (Å²) < 4.78 is 18.3. The molecule has 0 radical (unpaired) electrons. The van der Waals surface area contributed by atoms with Crippen molar-refractivity contribution in [2.75, 3.05) is 20.8 Å². The van der Waals surface area contributed by atoms with E-state index in [-0.39, 0.29) is 5.97 Å². The molecule has 1 aromatic carbocycles. The number of ether oxygens (including phenoxy) is 3. The number of nitrogens with zero attached hydrogens (tertiary/aromatic N) is 2. The molecule has 0 aliphatic heterocycles. The number of methoxy groups -OCH3 is 2. The maximum atomic E-state index is 10.5. The van der Waals surface area contributed by atoms with Gasteiger partial charge in [-0.25, -0.2) is 4.79 Å². The number of aryl methyl sites for hydroxylation is 2. The van der Waals surface area contributed by atoms with Crippen LogP contribution in [0.4, 0.5) is 4.79 Å². The smallest absolute Gasteiger partial charge is 0.469 e. The molecule has 0 aliphatic carbocycles. The van der Waals surface area contributed by atoms with Crippen LogP contribution in [0.5, 0.6) is 0 Å². The quantitative estimate of drug-likeness (QED) is 0.386. The number of carbonyl (C=O) groups is 2. The number of aromatic nitrogens is 2. The van der Waals surface area contributed by atoms with Gasteiger partial charge in [0, 0.05) is 12.0 Å². The number of unbranched alkanes of at least 4 members (excludes halogenated alkanes) is 3. The summed E-state index contributed by atoms with van der Waals surface area (Å²) in [5.41, 5.74) is 2.19. The zero-order valence-electron chi connectivity index (χ0n) is 19.6. The highest BCUT2D eigenvalue weighted by atomic mass is 16.7. The van der Waals surface area contributed by atoms with E-state index >= 15 is 0 Å². The van der Waals surface area contributed by atoms with Crippen LogP contribution in [0, 0.1) is 13.8 Å². The van der Waals surface area contributed by atoms with Crippen LogP contribution in [0.1, 0.15) is 63.8 Å². The summed E-state index contributed by atoms with van der Waals surface area (Å²) in [6.45, 7) is 8.45. The predicted molar refractivity (Wildman–Crippen MR) is 119 cm³/mol. The molecule has 2 rings (SSSR count). The molecular formula is C23H36N2O6. The fraction of sp³-hybridized carbons (Fsp3) is 0.565. The minimum absolute atomic E-state index is 0.0940. The first kappa shape index (κ1) is 28.1. The van der Waals surface area contributed by atoms with E-state index < -0.39 is 6.16 Å². The van der Waals surface area contributed by atoms with Crippen LogP contribution in [-0.4, -0.2) is 43.1 Å². The Morgan fingerprint density at radius 2 is 1.58 bits per heavy atom. The largest absolute Gasteiger partial charge is 0.507 e. The molecule has 0 spiro atoms. The third-order valence-electron chi connectivity index (χ3n) is 3.92. The second kappa shape index (κ2) is 17.9. The second-order valence-electron chi connectivity index (χ2n) is 6.70. The van der Waals surface area contributed by atoms with E-state index in [1.807, 2.05) is 38.1 Å². The zero-order valence-corrected chi connectivity index (χ0v) is 19.6. The van der Waals surface area contributed by atoms with Gasteiger partial charge in [-0.1, -0.05) is 56.0 Å². The van der Waals surface area contributed by atoms with E-state index in [4.69, 9.17) is 4.52 Å². The van der Waals surface area contributed by atoms with Gasteiger partial charge in [-0.05, 0) is 38.8 Å². The van der Waals surface area contributed by atoms with E-state index in [9.17, 15) is 9.59 Å². The van der Waals surface area contributed by atoms with Crippen molar-refractivity contribution in [3.63, 3.8) is 0 Å². The van der Waals surface area contributed by atoms with Crippen molar-refractivity contribution < 1.29 is 28.3 Å². The molecule has 174 valence electrons. The van der Waals surface area contributed by atoms with Crippen LogP contribution >= 0.6 is 0 Å². The first-order chi connectivity index (χ1) is 14.9. The van der Waals surface area contributed by atoms with Crippen molar-refractivity contribution in [1.82, 2.24) is 10.1 Å². The molecule has 0 N–H and O–H groups in total. The van der Waals surface area contributed by atoms with Gasteiger partial charge in [-0.3, -0.25) is 4.79 Å². The van der Waals surface area contributed by atoms with Crippen molar-refractivity contribution in [3.8, 4) is 11.5 Å². The number of esters is 1. The molecule has 0 aliphatic rings. The summed E-state index contributed by atoms with van der Waals surface area (Å²) in [6.07, 6.45) is 5.13. The number of rotatable bonds is 8. The Morgan fingerprint density at radius 1 is 0.935 bits per heavy atom. The molecule has 0 saturated heterocycles. The van der Waals surface area contributed by atoms with E-state index in [2.05, 4.69) is 31.3 Å². The van der Waals surface area contributed by atoms with Crippen molar-refractivity contribution in [3.05, 3.63) is 35.7 Å². The third kappa shape index (κ3) is 14.7. The number of carbonyl (C=O) groups excluding carboxylic acids is 2. The van der Waals surface area contributed by atoms with Crippen molar-refractivity contribution in [1.29, 1.82) is 0 Å². The predicted octanol–water partition coefficient (Wildman–Crippen LogP) is 5.66. The average molecular weight is 437 g/mol. The Kier molecular flexibility index (Phi) is 16.2. The molecule has 0 fully saturated rings. The van der Waals surface area contributed by atoms with Gasteiger partial charge in [0.05, 0.1) is 20.8 Å². The van der Waals surface area contributed by atoms with Crippen molar-refractivity contribution >= 4 is 12.1 Å². The maximum Gasteiger partial charge on any atom is 0.507 e. The molecule has 0 bridgehead atoms. The fourth-order valence-corrected chi connectivity index (χ4v) is 2.09. The number of hydrogen-bond donors (Lipinski definition) is 0. The highest BCUT2D eigenvalue weighted by molar-refractivity contribution is 5.68. The summed E-state index contributed by atoms with van der Waals surface area (Å²) in [6, 6.07) is 7.99. The lowest BCUT2D eigenvalue weighted by atomic mass is 10.1. The molecular weight excluding hydrogens is 400 g/mol. The van der Waals surface area contributed by atoms with Gasteiger partial charge in [0.2, 0.25) is 0 Å². The first-order valence-corrected chi connectivity index (χ1v) is 10.5. The van der Waals surface area contributed by atoms with Gasteiger partial charge in [0.25, 0.3) is 5.89 Å².